The van der Waals surface area contributed by atoms with Crippen LogP contribution in [-0.4, -0.2) is 30.8 Å². The predicted molar refractivity (Wildman–Crippen MR) is 69.8 cm³/mol. The minimum absolute atomic E-state index is 0.139. The number of ether oxygens (including phenoxy) is 1. The molecule has 1 atom stereocenters. The van der Waals surface area contributed by atoms with Gasteiger partial charge in [-0.05, 0) is 30.9 Å². The van der Waals surface area contributed by atoms with Crippen molar-refractivity contribution in [3.8, 4) is 0 Å². The van der Waals surface area contributed by atoms with Gasteiger partial charge in [-0.25, -0.2) is 4.79 Å². The zero-order valence-electron chi connectivity index (χ0n) is 10.2. The standard InChI is InChI=1S/C13H18N2O3/c14-12-10(13(16)17)4-1-5-11(12)15-7-9-3-2-6-18-8-9/h1,4-5,9,15H,2-3,6-8,14H2,(H,16,17). The SMILES string of the molecule is Nc1c(NCC2CCCOC2)cccc1C(=O)O. The number of anilines is 2. The van der Waals surface area contributed by atoms with Crippen LogP contribution in [0.15, 0.2) is 18.2 Å². The third kappa shape index (κ3) is 2.92. The van der Waals surface area contributed by atoms with Crippen LogP contribution in [0.3, 0.4) is 0 Å². The summed E-state index contributed by atoms with van der Waals surface area (Å²) >= 11 is 0. The third-order valence-corrected chi connectivity index (χ3v) is 3.17. The summed E-state index contributed by atoms with van der Waals surface area (Å²) < 4.78 is 5.40. The lowest BCUT2D eigenvalue weighted by molar-refractivity contribution is 0.0595. The van der Waals surface area contributed by atoms with Crippen LogP contribution in [0.2, 0.25) is 0 Å². The van der Waals surface area contributed by atoms with E-state index in [4.69, 9.17) is 15.6 Å². The van der Waals surface area contributed by atoms with Crippen molar-refractivity contribution in [2.24, 2.45) is 5.92 Å². The molecule has 1 aliphatic heterocycles. The molecule has 0 bridgehead atoms. The van der Waals surface area contributed by atoms with Crippen molar-refractivity contribution in [2.75, 3.05) is 30.8 Å². The van der Waals surface area contributed by atoms with Crippen LogP contribution in [-0.2, 0) is 4.74 Å². The van der Waals surface area contributed by atoms with Crippen molar-refractivity contribution < 1.29 is 14.6 Å². The minimum Gasteiger partial charge on any atom is -0.478 e. The molecule has 5 heteroatoms. The number of carboxylic acids is 1. The van der Waals surface area contributed by atoms with Crippen molar-refractivity contribution in [2.45, 2.75) is 12.8 Å². The Morgan fingerprint density at radius 3 is 3.06 bits per heavy atom. The highest BCUT2D eigenvalue weighted by Crippen LogP contribution is 2.24. The lowest BCUT2D eigenvalue weighted by Gasteiger charge is -2.23. The van der Waals surface area contributed by atoms with Gasteiger partial charge in [0.15, 0.2) is 0 Å². The Hall–Kier alpha value is -1.75. The molecule has 0 saturated carbocycles. The molecule has 1 heterocycles. The molecule has 1 aliphatic rings. The molecule has 5 nitrogen and oxygen atoms in total. The van der Waals surface area contributed by atoms with Gasteiger partial charge in [-0.15, -0.1) is 0 Å². The summed E-state index contributed by atoms with van der Waals surface area (Å²) in [5.41, 5.74) is 6.94. The van der Waals surface area contributed by atoms with Gasteiger partial charge < -0.3 is 20.9 Å². The van der Waals surface area contributed by atoms with E-state index in [2.05, 4.69) is 5.32 Å². The van der Waals surface area contributed by atoms with Crippen molar-refractivity contribution in [1.82, 2.24) is 0 Å². The number of aromatic carboxylic acids is 1. The van der Waals surface area contributed by atoms with E-state index in [0.717, 1.165) is 32.6 Å². The van der Waals surface area contributed by atoms with E-state index < -0.39 is 5.97 Å². The summed E-state index contributed by atoms with van der Waals surface area (Å²) in [5.74, 6) is -0.538. The van der Waals surface area contributed by atoms with Gasteiger partial charge in [0, 0.05) is 13.2 Å². The van der Waals surface area contributed by atoms with Gasteiger partial charge in [-0.2, -0.15) is 0 Å². The molecule has 4 N–H and O–H groups in total. The molecule has 0 aliphatic carbocycles. The van der Waals surface area contributed by atoms with Gasteiger partial charge in [0.05, 0.1) is 23.5 Å². The van der Waals surface area contributed by atoms with Crippen molar-refractivity contribution in [3.63, 3.8) is 0 Å². The fourth-order valence-electron chi connectivity index (χ4n) is 2.13. The number of rotatable bonds is 4. The summed E-state index contributed by atoms with van der Waals surface area (Å²) in [6.45, 7) is 2.35. The zero-order chi connectivity index (χ0) is 13.0. The van der Waals surface area contributed by atoms with Crippen molar-refractivity contribution >= 4 is 17.3 Å². The summed E-state index contributed by atoms with van der Waals surface area (Å²) in [6, 6.07) is 5.00. The van der Waals surface area contributed by atoms with Crippen LogP contribution in [0.1, 0.15) is 23.2 Å². The highest BCUT2D eigenvalue weighted by atomic mass is 16.5. The first-order valence-electron chi connectivity index (χ1n) is 6.12. The Kier molecular flexibility index (Phi) is 4.04. The molecule has 1 aromatic carbocycles. The van der Waals surface area contributed by atoms with Crippen LogP contribution in [0.4, 0.5) is 11.4 Å². The van der Waals surface area contributed by atoms with Crippen LogP contribution in [0.5, 0.6) is 0 Å². The maximum atomic E-state index is 11.0. The van der Waals surface area contributed by atoms with Crippen LogP contribution >= 0.6 is 0 Å². The molecule has 0 radical (unpaired) electrons. The number of nitrogens with one attached hydrogen (secondary N) is 1. The Balaban J connectivity index is 2.00. The fraction of sp³-hybridized carbons (Fsp3) is 0.462. The van der Waals surface area contributed by atoms with E-state index in [9.17, 15) is 4.79 Å². The number of nitrogen functional groups attached to an aromatic ring is 1. The van der Waals surface area contributed by atoms with E-state index in [0.29, 0.717) is 17.3 Å². The first-order valence-corrected chi connectivity index (χ1v) is 6.12. The zero-order valence-corrected chi connectivity index (χ0v) is 10.2. The second kappa shape index (κ2) is 5.73. The second-order valence-electron chi connectivity index (χ2n) is 4.54. The molecular formula is C13H18N2O3. The average Bonchev–Trinajstić information content (AvgIpc) is 2.38. The quantitative estimate of drug-likeness (QED) is 0.710. The van der Waals surface area contributed by atoms with E-state index in [1.165, 1.54) is 6.07 Å². The topological polar surface area (TPSA) is 84.6 Å². The van der Waals surface area contributed by atoms with E-state index in [-0.39, 0.29) is 5.56 Å². The second-order valence-corrected chi connectivity index (χ2v) is 4.54. The average molecular weight is 250 g/mol. The molecular weight excluding hydrogens is 232 g/mol. The first kappa shape index (κ1) is 12.7. The number of nitrogens with two attached hydrogens (primary N) is 1. The molecule has 1 fully saturated rings. The lowest BCUT2D eigenvalue weighted by atomic mass is 10.0. The molecule has 0 amide bonds. The molecule has 1 aromatic rings. The number of benzene rings is 1. The highest BCUT2D eigenvalue weighted by molar-refractivity contribution is 5.97. The molecule has 0 aromatic heterocycles. The van der Waals surface area contributed by atoms with E-state index in [1.807, 2.05) is 0 Å². The van der Waals surface area contributed by atoms with Crippen LogP contribution in [0, 0.1) is 5.92 Å². The van der Waals surface area contributed by atoms with Gasteiger partial charge in [0.1, 0.15) is 0 Å². The summed E-state index contributed by atoms with van der Waals surface area (Å²) in [7, 11) is 0. The molecule has 98 valence electrons. The largest absolute Gasteiger partial charge is 0.478 e. The minimum atomic E-state index is -1.00. The van der Waals surface area contributed by atoms with Gasteiger partial charge >= 0.3 is 5.97 Å². The van der Waals surface area contributed by atoms with Gasteiger partial charge in [0.25, 0.3) is 0 Å². The Bertz CT molecular complexity index is 428. The molecule has 0 spiro atoms. The van der Waals surface area contributed by atoms with Gasteiger partial charge in [-0.1, -0.05) is 6.07 Å². The Labute approximate surface area is 106 Å². The molecule has 1 saturated heterocycles. The lowest BCUT2D eigenvalue weighted by Crippen LogP contribution is -2.24. The molecule has 1 unspecified atom stereocenters. The number of para-hydroxylation sites is 1. The smallest absolute Gasteiger partial charge is 0.337 e. The number of carboxylic acid groups (broad SMARTS) is 1. The van der Waals surface area contributed by atoms with E-state index in [1.54, 1.807) is 12.1 Å². The van der Waals surface area contributed by atoms with Crippen LogP contribution < -0.4 is 11.1 Å². The van der Waals surface area contributed by atoms with Gasteiger partial charge in [0.2, 0.25) is 0 Å². The maximum absolute atomic E-state index is 11.0. The summed E-state index contributed by atoms with van der Waals surface area (Å²) in [5, 5.41) is 12.2. The van der Waals surface area contributed by atoms with Gasteiger partial charge in [-0.3, -0.25) is 0 Å². The summed E-state index contributed by atoms with van der Waals surface area (Å²) in [4.78, 5) is 11.0. The van der Waals surface area contributed by atoms with Crippen molar-refractivity contribution in [3.05, 3.63) is 23.8 Å². The Morgan fingerprint density at radius 2 is 2.39 bits per heavy atom. The number of hydrogen-bond acceptors (Lipinski definition) is 4. The maximum Gasteiger partial charge on any atom is 0.337 e. The van der Waals surface area contributed by atoms with E-state index >= 15 is 0 Å². The number of carbonyl (C=O) groups is 1. The summed E-state index contributed by atoms with van der Waals surface area (Å²) in [6.07, 6.45) is 2.21. The number of hydrogen-bond donors (Lipinski definition) is 3. The van der Waals surface area contributed by atoms with Crippen LogP contribution in [0.25, 0.3) is 0 Å². The monoisotopic (exact) mass is 250 g/mol. The normalized spacial score (nSPS) is 19.4. The fourth-order valence-corrected chi connectivity index (χ4v) is 2.13. The Morgan fingerprint density at radius 1 is 1.56 bits per heavy atom. The predicted octanol–water partition coefficient (Wildman–Crippen LogP) is 1.81. The molecule has 18 heavy (non-hydrogen) atoms. The first-order chi connectivity index (χ1) is 8.68. The molecule has 2 rings (SSSR count). The van der Waals surface area contributed by atoms with Crippen molar-refractivity contribution in [1.29, 1.82) is 0 Å². The third-order valence-electron chi connectivity index (χ3n) is 3.17. The highest BCUT2D eigenvalue weighted by Gasteiger charge is 2.15.